The van der Waals surface area contributed by atoms with Gasteiger partial charge in [0.15, 0.2) is 0 Å². The van der Waals surface area contributed by atoms with Gasteiger partial charge in [-0.25, -0.2) is 0 Å². The van der Waals surface area contributed by atoms with Crippen LogP contribution in [-0.2, 0) is 11.3 Å². The lowest BCUT2D eigenvalue weighted by Crippen LogP contribution is -2.57. The van der Waals surface area contributed by atoms with Crippen molar-refractivity contribution < 1.29 is 9.47 Å². The molecule has 2 heterocycles. The van der Waals surface area contributed by atoms with Crippen LogP contribution in [0.5, 0.6) is 5.75 Å². The highest BCUT2D eigenvalue weighted by molar-refractivity contribution is 5.28. The maximum absolute atomic E-state index is 5.91. The SMILES string of the molecule is COc1cccc(CN2CC3CNCC(C2)O3)c1. The molecule has 2 atom stereocenters. The number of hydrogen-bond acceptors (Lipinski definition) is 4. The van der Waals surface area contributed by atoms with E-state index >= 15 is 0 Å². The van der Waals surface area contributed by atoms with Crippen LogP contribution in [0.15, 0.2) is 24.3 Å². The Bertz CT molecular complexity index is 399. The van der Waals surface area contributed by atoms with Gasteiger partial charge in [-0.3, -0.25) is 4.90 Å². The number of hydrogen-bond donors (Lipinski definition) is 1. The Labute approximate surface area is 108 Å². The first-order valence-corrected chi connectivity index (χ1v) is 6.55. The molecule has 2 saturated heterocycles. The smallest absolute Gasteiger partial charge is 0.119 e. The highest BCUT2D eigenvalue weighted by Gasteiger charge is 2.30. The average Bonchev–Trinajstić information content (AvgIpc) is 2.38. The molecule has 0 aromatic heterocycles. The Hall–Kier alpha value is -1.10. The fraction of sp³-hybridized carbons (Fsp3) is 0.571. The minimum atomic E-state index is 0.350. The summed E-state index contributed by atoms with van der Waals surface area (Å²) in [6, 6.07) is 8.31. The van der Waals surface area contributed by atoms with E-state index in [1.165, 1.54) is 5.56 Å². The highest BCUT2D eigenvalue weighted by Crippen LogP contribution is 2.19. The number of nitrogens with zero attached hydrogens (tertiary/aromatic N) is 1. The fourth-order valence-corrected chi connectivity index (χ4v) is 2.80. The van der Waals surface area contributed by atoms with Crippen molar-refractivity contribution in [1.29, 1.82) is 0 Å². The summed E-state index contributed by atoms with van der Waals surface area (Å²) in [6.07, 6.45) is 0.700. The predicted octanol–water partition coefficient (Wildman–Crippen LogP) is 0.868. The minimum Gasteiger partial charge on any atom is -0.497 e. The molecule has 4 heteroatoms. The van der Waals surface area contributed by atoms with Crippen molar-refractivity contribution in [2.45, 2.75) is 18.8 Å². The molecule has 98 valence electrons. The van der Waals surface area contributed by atoms with E-state index in [2.05, 4.69) is 28.4 Å². The lowest BCUT2D eigenvalue weighted by Gasteiger charge is -2.41. The minimum absolute atomic E-state index is 0.350. The number of rotatable bonds is 3. The number of ether oxygens (including phenoxy) is 2. The topological polar surface area (TPSA) is 33.7 Å². The second-order valence-electron chi connectivity index (χ2n) is 5.08. The molecule has 0 radical (unpaired) electrons. The summed E-state index contributed by atoms with van der Waals surface area (Å²) >= 11 is 0. The fourth-order valence-electron chi connectivity index (χ4n) is 2.80. The lowest BCUT2D eigenvalue weighted by atomic mass is 10.1. The quantitative estimate of drug-likeness (QED) is 0.860. The van der Waals surface area contributed by atoms with Crippen LogP contribution in [-0.4, -0.2) is 50.4 Å². The van der Waals surface area contributed by atoms with Gasteiger partial charge in [-0.1, -0.05) is 12.1 Å². The van der Waals surface area contributed by atoms with Gasteiger partial charge in [-0.05, 0) is 17.7 Å². The van der Waals surface area contributed by atoms with Crippen molar-refractivity contribution in [2.75, 3.05) is 33.3 Å². The monoisotopic (exact) mass is 248 g/mol. The molecule has 1 N–H and O–H groups in total. The van der Waals surface area contributed by atoms with Crippen LogP contribution in [0.3, 0.4) is 0 Å². The van der Waals surface area contributed by atoms with Gasteiger partial charge in [0, 0.05) is 32.7 Å². The number of methoxy groups -OCH3 is 1. The molecule has 18 heavy (non-hydrogen) atoms. The number of fused-ring (bicyclic) bond motifs is 2. The molecular formula is C14H20N2O2. The van der Waals surface area contributed by atoms with Crippen molar-refractivity contribution in [1.82, 2.24) is 10.2 Å². The molecule has 2 aliphatic rings. The average molecular weight is 248 g/mol. The van der Waals surface area contributed by atoms with E-state index in [9.17, 15) is 0 Å². The molecule has 0 saturated carbocycles. The first-order valence-electron chi connectivity index (χ1n) is 6.55. The molecule has 2 fully saturated rings. The maximum Gasteiger partial charge on any atom is 0.119 e. The number of morpholine rings is 2. The summed E-state index contributed by atoms with van der Waals surface area (Å²) in [4.78, 5) is 2.48. The molecule has 0 aliphatic carbocycles. The molecule has 2 aliphatic heterocycles. The van der Waals surface area contributed by atoms with Crippen molar-refractivity contribution in [3.8, 4) is 5.75 Å². The summed E-state index contributed by atoms with van der Waals surface area (Å²) in [5.74, 6) is 0.933. The van der Waals surface area contributed by atoms with E-state index in [4.69, 9.17) is 9.47 Å². The Morgan fingerprint density at radius 3 is 2.83 bits per heavy atom. The lowest BCUT2D eigenvalue weighted by molar-refractivity contribution is -0.105. The van der Waals surface area contributed by atoms with Gasteiger partial charge < -0.3 is 14.8 Å². The van der Waals surface area contributed by atoms with Gasteiger partial charge in [-0.2, -0.15) is 0 Å². The standard InChI is InChI=1S/C14H20N2O2/c1-17-12-4-2-3-11(5-12)8-16-9-13-6-15-7-14(10-16)18-13/h2-5,13-15H,6-10H2,1H3. The Morgan fingerprint density at radius 2 is 2.11 bits per heavy atom. The molecule has 2 bridgehead atoms. The van der Waals surface area contributed by atoms with Crippen LogP contribution in [0.1, 0.15) is 5.56 Å². The van der Waals surface area contributed by atoms with Crippen molar-refractivity contribution >= 4 is 0 Å². The molecule has 3 rings (SSSR count). The second kappa shape index (κ2) is 5.26. The predicted molar refractivity (Wildman–Crippen MR) is 69.8 cm³/mol. The first kappa shape index (κ1) is 12.0. The summed E-state index contributed by atoms with van der Waals surface area (Å²) in [7, 11) is 1.71. The molecule has 0 amide bonds. The summed E-state index contributed by atoms with van der Waals surface area (Å²) in [5, 5.41) is 3.42. The zero-order chi connectivity index (χ0) is 12.4. The Morgan fingerprint density at radius 1 is 1.33 bits per heavy atom. The third-order valence-electron chi connectivity index (χ3n) is 3.59. The zero-order valence-electron chi connectivity index (χ0n) is 10.8. The van der Waals surface area contributed by atoms with Crippen LogP contribution >= 0.6 is 0 Å². The summed E-state index contributed by atoms with van der Waals surface area (Å²) < 4.78 is 11.2. The largest absolute Gasteiger partial charge is 0.497 e. The van der Waals surface area contributed by atoms with Crippen molar-refractivity contribution in [2.24, 2.45) is 0 Å². The van der Waals surface area contributed by atoms with E-state index in [0.29, 0.717) is 12.2 Å². The van der Waals surface area contributed by atoms with Gasteiger partial charge in [0.25, 0.3) is 0 Å². The third kappa shape index (κ3) is 2.66. The molecule has 4 nitrogen and oxygen atoms in total. The Balaban J connectivity index is 1.65. The second-order valence-corrected chi connectivity index (χ2v) is 5.08. The number of nitrogens with one attached hydrogen (secondary N) is 1. The van der Waals surface area contributed by atoms with Crippen molar-refractivity contribution in [3.63, 3.8) is 0 Å². The van der Waals surface area contributed by atoms with E-state index in [1.54, 1.807) is 7.11 Å². The third-order valence-corrected chi connectivity index (χ3v) is 3.59. The molecule has 2 unspecified atom stereocenters. The normalized spacial score (nSPS) is 28.1. The van der Waals surface area contributed by atoms with Gasteiger partial charge >= 0.3 is 0 Å². The van der Waals surface area contributed by atoms with E-state index < -0.39 is 0 Å². The molecular weight excluding hydrogens is 228 g/mol. The van der Waals surface area contributed by atoms with Crippen molar-refractivity contribution in [3.05, 3.63) is 29.8 Å². The zero-order valence-corrected chi connectivity index (χ0v) is 10.8. The van der Waals surface area contributed by atoms with E-state index in [-0.39, 0.29) is 0 Å². The maximum atomic E-state index is 5.91. The van der Waals surface area contributed by atoms with Gasteiger partial charge in [0.05, 0.1) is 19.3 Å². The van der Waals surface area contributed by atoms with Crippen LogP contribution in [0.2, 0.25) is 0 Å². The molecule has 1 aromatic carbocycles. The van der Waals surface area contributed by atoms with Crippen LogP contribution in [0, 0.1) is 0 Å². The Kier molecular flexibility index (Phi) is 3.50. The van der Waals surface area contributed by atoms with E-state index in [0.717, 1.165) is 38.5 Å². The summed E-state index contributed by atoms with van der Waals surface area (Å²) in [5.41, 5.74) is 1.31. The first-order chi connectivity index (χ1) is 8.83. The van der Waals surface area contributed by atoms with Gasteiger partial charge in [0.1, 0.15) is 5.75 Å². The van der Waals surface area contributed by atoms with Gasteiger partial charge in [0.2, 0.25) is 0 Å². The van der Waals surface area contributed by atoms with Gasteiger partial charge in [-0.15, -0.1) is 0 Å². The molecule has 0 spiro atoms. The molecule has 1 aromatic rings. The van der Waals surface area contributed by atoms with Crippen LogP contribution in [0.25, 0.3) is 0 Å². The summed E-state index contributed by atoms with van der Waals surface area (Å²) in [6.45, 7) is 4.96. The number of benzene rings is 1. The van der Waals surface area contributed by atoms with Crippen LogP contribution < -0.4 is 10.1 Å². The highest BCUT2D eigenvalue weighted by atomic mass is 16.5. The van der Waals surface area contributed by atoms with Crippen LogP contribution in [0.4, 0.5) is 0 Å². The van der Waals surface area contributed by atoms with E-state index in [1.807, 2.05) is 6.07 Å².